The van der Waals surface area contributed by atoms with Gasteiger partial charge in [0.05, 0.1) is 18.2 Å². The Morgan fingerprint density at radius 2 is 1.83 bits per heavy atom. The minimum absolute atomic E-state index is 0.287. The van der Waals surface area contributed by atoms with Crippen molar-refractivity contribution in [3.8, 4) is 0 Å². The molecule has 4 N–H and O–H groups in total. The average molecular weight is 339 g/mol. The second-order valence-corrected chi connectivity index (χ2v) is 7.97. The lowest BCUT2D eigenvalue weighted by molar-refractivity contribution is -0.0481. The number of hydrogen-bond acceptors (Lipinski definition) is 7. The van der Waals surface area contributed by atoms with E-state index in [2.05, 4.69) is 40.7 Å². The fourth-order valence-corrected chi connectivity index (χ4v) is 4.66. The van der Waals surface area contributed by atoms with Crippen molar-refractivity contribution < 1.29 is 9.47 Å². The lowest BCUT2D eigenvalue weighted by atomic mass is 9.78. The number of ether oxygens (including phenoxy) is 2. The molecule has 7 heteroatoms. The Kier molecular flexibility index (Phi) is 5.38. The molecule has 138 valence electrons. The molecule has 3 saturated heterocycles. The second-order valence-electron chi connectivity index (χ2n) is 7.97. The van der Waals surface area contributed by atoms with E-state index in [1.54, 1.807) is 0 Å². The zero-order valence-corrected chi connectivity index (χ0v) is 15.0. The van der Waals surface area contributed by atoms with Crippen LogP contribution < -0.4 is 21.7 Å². The van der Waals surface area contributed by atoms with E-state index in [-0.39, 0.29) is 6.10 Å². The summed E-state index contributed by atoms with van der Waals surface area (Å²) in [6, 6.07) is 1.86. The van der Waals surface area contributed by atoms with Gasteiger partial charge in [0.15, 0.2) is 0 Å². The summed E-state index contributed by atoms with van der Waals surface area (Å²) in [6.45, 7) is 7.00. The second kappa shape index (κ2) is 7.53. The standard InChI is InChI=1S/C17H33N5O2/c1-11-5-7-23-8-6-12(2)24-13-3-4-15-14(9-13)17(20-19-15)16-10-18-22(11)21-16/h11-21H,3-10H2,1-2H3/t11-,12-,13?,14?,15?,16?,17?/m1/s1. The van der Waals surface area contributed by atoms with Crippen LogP contribution >= 0.6 is 0 Å². The first-order chi connectivity index (χ1) is 11.7. The summed E-state index contributed by atoms with van der Waals surface area (Å²) < 4.78 is 12.2. The monoisotopic (exact) mass is 339 g/mol. The van der Waals surface area contributed by atoms with Crippen LogP contribution in [0.3, 0.4) is 0 Å². The van der Waals surface area contributed by atoms with Gasteiger partial charge in [0.2, 0.25) is 0 Å². The van der Waals surface area contributed by atoms with Crippen molar-refractivity contribution in [3.63, 3.8) is 0 Å². The van der Waals surface area contributed by atoms with Gasteiger partial charge in [0.1, 0.15) is 0 Å². The molecule has 0 radical (unpaired) electrons. The number of nitrogens with one attached hydrogen (secondary N) is 4. The molecular formula is C17H33N5O2. The number of hydrazine groups is 3. The molecule has 4 aliphatic rings. The Hall–Kier alpha value is -0.280. The zero-order chi connectivity index (χ0) is 16.5. The van der Waals surface area contributed by atoms with Crippen molar-refractivity contribution in [2.75, 3.05) is 19.8 Å². The molecule has 8 atom stereocenters. The van der Waals surface area contributed by atoms with Crippen LogP contribution in [0.25, 0.3) is 0 Å². The maximum absolute atomic E-state index is 6.34. The average Bonchev–Trinajstić information content (AvgIpc) is 3.19. The lowest BCUT2D eigenvalue weighted by Gasteiger charge is -2.36. The third-order valence-corrected chi connectivity index (χ3v) is 6.18. The number of nitrogens with zero attached hydrogens (tertiary/aromatic N) is 1. The maximum atomic E-state index is 6.34. The van der Waals surface area contributed by atoms with Gasteiger partial charge in [-0.25, -0.2) is 10.9 Å². The van der Waals surface area contributed by atoms with Crippen LogP contribution in [0.1, 0.15) is 46.0 Å². The third-order valence-electron chi connectivity index (χ3n) is 6.18. The maximum Gasteiger partial charge on any atom is 0.0583 e. The van der Waals surface area contributed by atoms with E-state index in [0.29, 0.717) is 36.2 Å². The molecule has 0 aromatic rings. The summed E-state index contributed by atoms with van der Waals surface area (Å²) in [5.74, 6) is 0.631. The summed E-state index contributed by atoms with van der Waals surface area (Å²) in [6.07, 6.45) is 6.19. The predicted molar refractivity (Wildman–Crippen MR) is 91.8 cm³/mol. The van der Waals surface area contributed by atoms with E-state index in [4.69, 9.17) is 9.47 Å². The molecule has 4 rings (SSSR count). The van der Waals surface area contributed by atoms with Crippen LogP contribution in [0.2, 0.25) is 0 Å². The molecule has 0 aromatic carbocycles. The van der Waals surface area contributed by atoms with E-state index >= 15 is 0 Å². The topological polar surface area (TPSA) is 69.8 Å². The van der Waals surface area contributed by atoms with Crippen molar-refractivity contribution in [3.05, 3.63) is 0 Å². The van der Waals surface area contributed by atoms with E-state index in [1.165, 1.54) is 6.42 Å². The minimum atomic E-state index is 0.287. The molecule has 0 spiro atoms. The quantitative estimate of drug-likeness (QED) is 0.506. The van der Waals surface area contributed by atoms with Gasteiger partial charge in [-0.1, -0.05) is 0 Å². The molecular weight excluding hydrogens is 306 g/mol. The van der Waals surface area contributed by atoms with Gasteiger partial charge in [0, 0.05) is 37.9 Å². The number of fused-ring (bicyclic) bond motifs is 4. The fourth-order valence-electron chi connectivity index (χ4n) is 4.66. The number of hydrogen-bond donors (Lipinski definition) is 4. The van der Waals surface area contributed by atoms with Crippen molar-refractivity contribution in [1.29, 1.82) is 0 Å². The molecule has 4 bridgehead atoms. The van der Waals surface area contributed by atoms with Crippen LogP contribution in [-0.4, -0.2) is 61.3 Å². The first kappa shape index (κ1) is 17.1. The first-order valence-corrected chi connectivity index (χ1v) is 9.74. The lowest BCUT2D eigenvalue weighted by Crippen LogP contribution is -2.53. The van der Waals surface area contributed by atoms with Gasteiger partial charge in [-0.15, -0.1) is 0 Å². The summed E-state index contributed by atoms with van der Waals surface area (Å²) in [5.41, 5.74) is 14.3. The first-order valence-electron chi connectivity index (χ1n) is 9.74. The van der Waals surface area contributed by atoms with E-state index in [9.17, 15) is 0 Å². The molecule has 1 saturated carbocycles. The summed E-state index contributed by atoms with van der Waals surface area (Å²) in [7, 11) is 0. The molecule has 6 unspecified atom stereocenters. The highest BCUT2D eigenvalue weighted by atomic mass is 16.5. The van der Waals surface area contributed by atoms with Crippen LogP contribution in [0.5, 0.6) is 0 Å². The predicted octanol–water partition coefficient (Wildman–Crippen LogP) is 0.298. The normalized spacial score (nSPS) is 50.2. The highest BCUT2D eigenvalue weighted by Gasteiger charge is 2.45. The molecule has 7 nitrogen and oxygen atoms in total. The van der Waals surface area contributed by atoms with Gasteiger partial charge in [-0.3, -0.25) is 10.9 Å². The Labute approximate surface area is 145 Å². The van der Waals surface area contributed by atoms with Crippen LogP contribution in [-0.2, 0) is 9.47 Å². The molecule has 0 aromatic heterocycles. The van der Waals surface area contributed by atoms with Crippen molar-refractivity contribution in [1.82, 2.24) is 26.8 Å². The molecule has 1 aliphatic carbocycles. The van der Waals surface area contributed by atoms with Crippen LogP contribution in [0.4, 0.5) is 0 Å². The number of rotatable bonds is 0. The summed E-state index contributed by atoms with van der Waals surface area (Å²) in [5, 5.41) is 2.18. The Balaban J connectivity index is 1.47. The van der Waals surface area contributed by atoms with Gasteiger partial charge < -0.3 is 9.47 Å². The van der Waals surface area contributed by atoms with Gasteiger partial charge in [-0.2, -0.15) is 5.12 Å². The van der Waals surface area contributed by atoms with Gasteiger partial charge in [0.25, 0.3) is 0 Å². The van der Waals surface area contributed by atoms with Crippen LogP contribution in [0.15, 0.2) is 0 Å². The van der Waals surface area contributed by atoms with E-state index < -0.39 is 0 Å². The minimum Gasteiger partial charge on any atom is -0.381 e. The summed E-state index contributed by atoms with van der Waals surface area (Å²) in [4.78, 5) is 0. The molecule has 24 heavy (non-hydrogen) atoms. The van der Waals surface area contributed by atoms with Gasteiger partial charge >= 0.3 is 0 Å². The summed E-state index contributed by atoms with van der Waals surface area (Å²) >= 11 is 0. The zero-order valence-electron chi connectivity index (χ0n) is 15.0. The third kappa shape index (κ3) is 3.62. The highest BCUT2D eigenvalue weighted by molar-refractivity contribution is 5.02. The van der Waals surface area contributed by atoms with Crippen molar-refractivity contribution >= 4 is 0 Å². The molecule has 0 amide bonds. The van der Waals surface area contributed by atoms with Crippen molar-refractivity contribution in [2.45, 2.75) is 82.3 Å². The van der Waals surface area contributed by atoms with E-state index in [1.807, 2.05) is 0 Å². The Morgan fingerprint density at radius 1 is 0.958 bits per heavy atom. The Morgan fingerprint density at radius 3 is 2.75 bits per heavy atom. The largest absolute Gasteiger partial charge is 0.381 e. The smallest absolute Gasteiger partial charge is 0.0583 e. The van der Waals surface area contributed by atoms with Crippen LogP contribution in [0, 0.1) is 5.92 Å². The Bertz CT molecular complexity index is 426. The van der Waals surface area contributed by atoms with Crippen molar-refractivity contribution in [2.24, 2.45) is 5.92 Å². The molecule has 4 fully saturated rings. The molecule has 3 aliphatic heterocycles. The highest BCUT2D eigenvalue weighted by Crippen LogP contribution is 2.34. The SMILES string of the molecule is C[C@@H]1CCOCC[C@@H](C)N2NCC(N2)C2NNC3CCC(CC32)O1. The van der Waals surface area contributed by atoms with E-state index in [0.717, 1.165) is 45.4 Å². The van der Waals surface area contributed by atoms with Gasteiger partial charge in [-0.05, 0) is 51.9 Å². The fraction of sp³-hybridized carbons (Fsp3) is 1.00. The molecule has 3 heterocycles.